The minimum Gasteiger partial charge on any atom is -0.348 e. The van der Waals surface area contributed by atoms with Crippen molar-refractivity contribution in [2.24, 2.45) is 0 Å². The summed E-state index contributed by atoms with van der Waals surface area (Å²) in [6, 6.07) is 0. The van der Waals surface area contributed by atoms with Gasteiger partial charge in [-0.3, -0.25) is 0 Å². The highest BCUT2D eigenvalue weighted by molar-refractivity contribution is 7.13. The van der Waals surface area contributed by atoms with Gasteiger partial charge >= 0.3 is 0 Å². The first kappa shape index (κ1) is 8.97. The van der Waals surface area contributed by atoms with Gasteiger partial charge < -0.3 is 10.2 Å². The van der Waals surface area contributed by atoms with Crippen LogP contribution in [0, 0.1) is 0 Å². The number of nitrogens with zero attached hydrogens (tertiary/aromatic N) is 2. The Bertz CT molecular complexity index is 266. The molecular formula is C9H15N3S. The second-order valence-corrected chi connectivity index (χ2v) is 4.18. The van der Waals surface area contributed by atoms with Crippen LogP contribution in [0.5, 0.6) is 0 Å². The molecule has 0 atom stereocenters. The lowest BCUT2D eigenvalue weighted by Crippen LogP contribution is -2.17. The number of aromatic nitrogens is 1. The Morgan fingerprint density at radius 1 is 1.54 bits per heavy atom. The van der Waals surface area contributed by atoms with Gasteiger partial charge in [0.1, 0.15) is 0 Å². The smallest absolute Gasteiger partial charge is 0.185 e. The van der Waals surface area contributed by atoms with Crippen molar-refractivity contribution in [3.63, 3.8) is 0 Å². The van der Waals surface area contributed by atoms with Gasteiger partial charge in [0.05, 0.1) is 5.69 Å². The number of thiazole rings is 1. The first-order valence-electron chi connectivity index (χ1n) is 4.74. The van der Waals surface area contributed by atoms with Crippen molar-refractivity contribution in [2.75, 3.05) is 25.0 Å². The quantitative estimate of drug-likeness (QED) is 0.795. The highest BCUT2D eigenvalue weighted by Gasteiger charge is 2.14. The molecule has 1 fully saturated rings. The van der Waals surface area contributed by atoms with Crippen molar-refractivity contribution < 1.29 is 0 Å². The van der Waals surface area contributed by atoms with E-state index in [-0.39, 0.29) is 0 Å². The van der Waals surface area contributed by atoms with Crippen LogP contribution in [-0.4, -0.2) is 25.1 Å². The van der Waals surface area contributed by atoms with Gasteiger partial charge in [-0.1, -0.05) is 0 Å². The maximum atomic E-state index is 4.56. The van der Waals surface area contributed by atoms with E-state index in [1.54, 1.807) is 11.3 Å². The van der Waals surface area contributed by atoms with Gasteiger partial charge in [-0.2, -0.15) is 0 Å². The van der Waals surface area contributed by atoms with Crippen molar-refractivity contribution >= 4 is 16.5 Å². The zero-order valence-corrected chi connectivity index (χ0v) is 8.73. The van der Waals surface area contributed by atoms with E-state index in [4.69, 9.17) is 0 Å². The molecular weight excluding hydrogens is 182 g/mol. The summed E-state index contributed by atoms with van der Waals surface area (Å²) in [5, 5.41) is 6.45. The number of anilines is 1. The maximum absolute atomic E-state index is 4.56. The molecule has 2 heterocycles. The molecule has 0 aromatic carbocycles. The van der Waals surface area contributed by atoms with E-state index in [1.165, 1.54) is 31.1 Å². The molecule has 1 saturated heterocycles. The van der Waals surface area contributed by atoms with E-state index in [0.29, 0.717) is 0 Å². The number of nitrogens with one attached hydrogen (secondary N) is 1. The predicted octanol–water partition coefficient (Wildman–Crippen LogP) is 1.46. The molecule has 0 saturated carbocycles. The van der Waals surface area contributed by atoms with Gasteiger partial charge in [-0.05, 0) is 19.9 Å². The average molecular weight is 197 g/mol. The van der Waals surface area contributed by atoms with Gasteiger partial charge in [-0.25, -0.2) is 4.98 Å². The summed E-state index contributed by atoms with van der Waals surface area (Å²) in [5.41, 5.74) is 1.16. The highest BCUT2D eigenvalue weighted by atomic mass is 32.1. The van der Waals surface area contributed by atoms with Gasteiger partial charge in [0, 0.05) is 25.0 Å². The second kappa shape index (κ2) is 4.07. The molecule has 0 spiro atoms. The van der Waals surface area contributed by atoms with Crippen molar-refractivity contribution in [1.29, 1.82) is 0 Å². The molecule has 2 rings (SSSR count). The molecule has 0 aliphatic carbocycles. The van der Waals surface area contributed by atoms with Crippen LogP contribution in [0.4, 0.5) is 5.13 Å². The Hall–Kier alpha value is -0.610. The molecule has 1 N–H and O–H groups in total. The summed E-state index contributed by atoms with van der Waals surface area (Å²) in [6.45, 7) is 3.25. The fraction of sp³-hybridized carbons (Fsp3) is 0.667. The van der Waals surface area contributed by atoms with E-state index < -0.39 is 0 Å². The standard InChI is InChI=1S/C9H15N3S/c1-10-6-8-7-13-9(11-8)12-4-2-3-5-12/h7,10H,2-6H2,1H3. The van der Waals surface area contributed by atoms with Crippen LogP contribution in [0.25, 0.3) is 0 Å². The minimum atomic E-state index is 0.879. The molecule has 0 bridgehead atoms. The molecule has 13 heavy (non-hydrogen) atoms. The van der Waals surface area contributed by atoms with Gasteiger partial charge in [-0.15, -0.1) is 11.3 Å². The Labute approximate surface area is 82.8 Å². The molecule has 72 valence electrons. The average Bonchev–Trinajstić information content (AvgIpc) is 2.70. The third kappa shape index (κ3) is 2.00. The largest absolute Gasteiger partial charge is 0.348 e. The molecule has 0 amide bonds. The van der Waals surface area contributed by atoms with E-state index in [1.807, 2.05) is 7.05 Å². The van der Waals surface area contributed by atoms with Crippen LogP contribution in [-0.2, 0) is 6.54 Å². The topological polar surface area (TPSA) is 28.2 Å². The number of rotatable bonds is 3. The Balaban J connectivity index is 2.03. The summed E-state index contributed by atoms with van der Waals surface area (Å²) in [7, 11) is 1.95. The van der Waals surface area contributed by atoms with Crippen molar-refractivity contribution in [1.82, 2.24) is 10.3 Å². The third-order valence-electron chi connectivity index (χ3n) is 2.27. The summed E-state index contributed by atoms with van der Waals surface area (Å²) in [5.74, 6) is 0. The van der Waals surface area contributed by atoms with Crippen LogP contribution < -0.4 is 10.2 Å². The Morgan fingerprint density at radius 3 is 3.00 bits per heavy atom. The van der Waals surface area contributed by atoms with Gasteiger partial charge in [0.25, 0.3) is 0 Å². The molecule has 4 heteroatoms. The number of hydrogen-bond donors (Lipinski definition) is 1. The van der Waals surface area contributed by atoms with Crippen LogP contribution in [0.1, 0.15) is 18.5 Å². The lowest BCUT2D eigenvalue weighted by atomic mass is 10.4. The normalized spacial score (nSPS) is 16.8. The lowest BCUT2D eigenvalue weighted by molar-refractivity contribution is 0.794. The minimum absolute atomic E-state index is 0.879. The van der Waals surface area contributed by atoms with Gasteiger partial charge in [0.15, 0.2) is 5.13 Å². The lowest BCUT2D eigenvalue weighted by Gasteiger charge is -2.12. The number of hydrogen-bond acceptors (Lipinski definition) is 4. The van der Waals surface area contributed by atoms with E-state index >= 15 is 0 Å². The SMILES string of the molecule is CNCc1csc(N2CCCC2)n1. The third-order valence-corrected chi connectivity index (χ3v) is 3.22. The maximum Gasteiger partial charge on any atom is 0.185 e. The van der Waals surface area contributed by atoms with E-state index in [0.717, 1.165) is 12.2 Å². The zero-order valence-electron chi connectivity index (χ0n) is 7.92. The second-order valence-electron chi connectivity index (χ2n) is 3.35. The first-order valence-corrected chi connectivity index (χ1v) is 5.62. The van der Waals surface area contributed by atoms with Gasteiger partial charge in [0.2, 0.25) is 0 Å². The molecule has 3 nitrogen and oxygen atoms in total. The van der Waals surface area contributed by atoms with Crippen LogP contribution in [0.15, 0.2) is 5.38 Å². The van der Waals surface area contributed by atoms with E-state index in [9.17, 15) is 0 Å². The first-order chi connectivity index (χ1) is 6.40. The van der Waals surface area contributed by atoms with Crippen LogP contribution >= 0.6 is 11.3 Å². The Morgan fingerprint density at radius 2 is 2.31 bits per heavy atom. The zero-order chi connectivity index (χ0) is 9.10. The predicted molar refractivity (Wildman–Crippen MR) is 56.3 cm³/mol. The van der Waals surface area contributed by atoms with Crippen molar-refractivity contribution in [3.05, 3.63) is 11.1 Å². The van der Waals surface area contributed by atoms with Crippen LogP contribution in [0.3, 0.4) is 0 Å². The summed E-state index contributed by atoms with van der Waals surface area (Å²) < 4.78 is 0. The summed E-state index contributed by atoms with van der Waals surface area (Å²) in [6.07, 6.45) is 2.64. The summed E-state index contributed by atoms with van der Waals surface area (Å²) in [4.78, 5) is 6.94. The molecule has 1 aromatic rings. The Kier molecular flexibility index (Phi) is 2.80. The molecule has 1 aliphatic heterocycles. The van der Waals surface area contributed by atoms with E-state index in [2.05, 4.69) is 20.6 Å². The monoisotopic (exact) mass is 197 g/mol. The summed E-state index contributed by atoms with van der Waals surface area (Å²) >= 11 is 1.76. The fourth-order valence-electron chi connectivity index (χ4n) is 1.61. The highest BCUT2D eigenvalue weighted by Crippen LogP contribution is 2.23. The fourth-order valence-corrected chi connectivity index (χ4v) is 2.49. The van der Waals surface area contributed by atoms with Crippen molar-refractivity contribution in [3.8, 4) is 0 Å². The molecule has 1 aliphatic rings. The van der Waals surface area contributed by atoms with Crippen LogP contribution in [0.2, 0.25) is 0 Å². The molecule has 0 radical (unpaired) electrons. The molecule has 0 unspecified atom stereocenters. The van der Waals surface area contributed by atoms with Crippen molar-refractivity contribution in [2.45, 2.75) is 19.4 Å². The molecule has 1 aromatic heterocycles.